The van der Waals surface area contributed by atoms with Crippen LogP contribution in [0.4, 0.5) is 5.69 Å². The molecule has 2 heterocycles. The summed E-state index contributed by atoms with van der Waals surface area (Å²) >= 11 is 0. The maximum Gasteiger partial charge on any atom is 0.361 e. The summed E-state index contributed by atoms with van der Waals surface area (Å²) in [6.07, 6.45) is 0.776. The zero-order chi connectivity index (χ0) is 20.8. The fourth-order valence-corrected chi connectivity index (χ4v) is 3.58. The fourth-order valence-electron chi connectivity index (χ4n) is 3.58. The lowest BCUT2D eigenvalue weighted by Gasteiger charge is -2.36. The smallest absolute Gasteiger partial charge is 0.361 e. The molecule has 3 rings (SSSR count). The average Bonchev–Trinajstić information content (AvgIpc) is 3.17. The Morgan fingerprint density at radius 2 is 1.69 bits per heavy atom. The van der Waals surface area contributed by atoms with Crippen LogP contribution in [0.2, 0.25) is 0 Å². The number of hydrogen-bond donors (Lipinski definition) is 0. The number of para-hydroxylation sites is 1. The second kappa shape index (κ2) is 9.51. The molecule has 0 bridgehead atoms. The molecule has 0 unspecified atom stereocenters. The molecule has 9 heteroatoms. The molecule has 0 amide bonds. The minimum atomic E-state index is -0.705. The summed E-state index contributed by atoms with van der Waals surface area (Å²) in [7, 11) is 2.49. The molecule has 1 aromatic carbocycles. The number of esters is 2. The minimum Gasteiger partial charge on any atom is -0.464 e. The van der Waals surface area contributed by atoms with Crippen LogP contribution in [0.15, 0.2) is 24.3 Å². The summed E-state index contributed by atoms with van der Waals surface area (Å²) in [5, 5.41) is 7.73. The molecule has 1 fully saturated rings. The number of nitrogens with zero attached hydrogens (tertiary/aromatic N) is 5. The SMILES string of the molecule is COC(=O)c1nnn(CCCN2CCN(c3ccccc3C)CC2)c1C(=O)OC. The van der Waals surface area contributed by atoms with Crippen molar-refractivity contribution >= 4 is 17.6 Å². The van der Waals surface area contributed by atoms with Gasteiger partial charge in [0.15, 0.2) is 5.69 Å². The van der Waals surface area contributed by atoms with E-state index in [0.717, 1.165) is 39.1 Å². The number of rotatable bonds is 7. The number of carbonyl (C=O) groups excluding carboxylic acids is 2. The van der Waals surface area contributed by atoms with E-state index in [9.17, 15) is 9.59 Å². The Balaban J connectivity index is 1.54. The van der Waals surface area contributed by atoms with Crippen molar-refractivity contribution < 1.29 is 19.1 Å². The van der Waals surface area contributed by atoms with Gasteiger partial charge in [0.05, 0.1) is 14.2 Å². The Kier molecular flexibility index (Phi) is 6.82. The summed E-state index contributed by atoms with van der Waals surface area (Å²) in [4.78, 5) is 28.7. The number of methoxy groups -OCH3 is 2. The van der Waals surface area contributed by atoms with Gasteiger partial charge in [-0.2, -0.15) is 0 Å². The molecule has 0 radical (unpaired) electrons. The molecule has 2 aromatic rings. The van der Waals surface area contributed by atoms with Crippen molar-refractivity contribution in [1.29, 1.82) is 0 Å². The van der Waals surface area contributed by atoms with Crippen molar-refractivity contribution in [2.45, 2.75) is 19.9 Å². The molecule has 0 saturated carbocycles. The molecule has 1 saturated heterocycles. The number of benzene rings is 1. The zero-order valence-electron chi connectivity index (χ0n) is 17.1. The Bertz CT molecular complexity index is 858. The molecule has 156 valence electrons. The van der Waals surface area contributed by atoms with E-state index in [0.29, 0.717) is 6.54 Å². The van der Waals surface area contributed by atoms with Crippen molar-refractivity contribution in [2.75, 3.05) is 51.8 Å². The zero-order valence-corrected chi connectivity index (χ0v) is 17.1. The van der Waals surface area contributed by atoms with Gasteiger partial charge in [-0.05, 0) is 25.0 Å². The second-order valence-electron chi connectivity index (χ2n) is 6.96. The number of ether oxygens (including phenoxy) is 2. The monoisotopic (exact) mass is 401 g/mol. The molecule has 0 aliphatic carbocycles. The Hall–Kier alpha value is -2.94. The van der Waals surface area contributed by atoms with Gasteiger partial charge in [-0.3, -0.25) is 4.90 Å². The summed E-state index contributed by atoms with van der Waals surface area (Å²) in [6.45, 7) is 7.39. The molecular weight excluding hydrogens is 374 g/mol. The van der Waals surface area contributed by atoms with Crippen LogP contribution in [0.25, 0.3) is 0 Å². The number of aryl methyl sites for hydroxylation is 2. The largest absolute Gasteiger partial charge is 0.464 e. The van der Waals surface area contributed by atoms with Gasteiger partial charge in [0.1, 0.15) is 0 Å². The van der Waals surface area contributed by atoms with Gasteiger partial charge in [0.2, 0.25) is 5.69 Å². The Morgan fingerprint density at radius 1 is 1.00 bits per heavy atom. The minimum absolute atomic E-state index is 0.0312. The molecular formula is C20H27N5O4. The molecule has 1 aliphatic heterocycles. The number of anilines is 1. The predicted molar refractivity (Wildman–Crippen MR) is 107 cm³/mol. The first-order valence-electron chi connectivity index (χ1n) is 9.68. The highest BCUT2D eigenvalue weighted by Gasteiger charge is 2.27. The number of aromatic nitrogens is 3. The van der Waals surface area contributed by atoms with E-state index in [2.05, 4.69) is 56.0 Å². The van der Waals surface area contributed by atoms with Crippen LogP contribution >= 0.6 is 0 Å². The molecule has 0 spiro atoms. The lowest BCUT2D eigenvalue weighted by molar-refractivity contribution is 0.0543. The lowest BCUT2D eigenvalue weighted by atomic mass is 10.1. The van der Waals surface area contributed by atoms with E-state index in [4.69, 9.17) is 4.74 Å². The van der Waals surface area contributed by atoms with Gasteiger partial charge in [-0.15, -0.1) is 5.10 Å². The molecule has 29 heavy (non-hydrogen) atoms. The van der Waals surface area contributed by atoms with E-state index in [1.165, 1.54) is 30.2 Å². The number of hydrogen-bond acceptors (Lipinski definition) is 8. The normalized spacial score (nSPS) is 14.7. The van der Waals surface area contributed by atoms with Gasteiger partial charge >= 0.3 is 11.9 Å². The highest BCUT2D eigenvalue weighted by atomic mass is 16.5. The second-order valence-corrected chi connectivity index (χ2v) is 6.96. The average molecular weight is 401 g/mol. The van der Waals surface area contributed by atoms with Gasteiger partial charge in [-0.1, -0.05) is 23.4 Å². The van der Waals surface area contributed by atoms with Crippen molar-refractivity contribution in [1.82, 2.24) is 19.9 Å². The molecule has 0 N–H and O–H groups in total. The first-order valence-corrected chi connectivity index (χ1v) is 9.68. The van der Waals surface area contributed by atoms with E-state index in [-0.39, 0.29) is 11.4 Å². The first kappa shape index (κ1) is 20.8. The number of carbonyl (C=O) groups is 2. The van der Waals surface area contributed by atoms with Gasteiger partial charge in [0.25, 0.3) is 0 Å². The third-order valence-electron chi connectivity index (χ3n) is 5.17. The van der Waals surface area contributed by atoms with Crippen LogP contribution in [0.3, 0.4) is 0 Å². The van der Waals surface area contributed by atoms with Gasteiger partial charge < -0.3 is 14.4 Å². The quantitative estimate of drug-likeness (QED) is 0.643. The van der Waals surface area contributed by atoms with E-state index < -0.39 is 11.9 Å². The third-order valence-corrected chi connectivity index (χ3v) is 5.17. The van der Waals surface area contributed by atoms with Crippen molar-refractivity contribution in [3.05, 3.63) is 41.2 Å². The molecule has 1 aliphatic rings. The summed E-state index contributed by atoms with van der Waals surface area (Å²) in [6, 6.07) is 8.45. The molecule has 0 atom stereocenters. The van der Waals surface area contributed by atoms with Gasteiger partial charge in [0, 0.05) is 45.0 Å². The summed E-state index contributed by atoms with van der Waals surface area (Å²) in [5.74, 6) is -1.36. The topological polar surface area (TPSA) is 89.8 Å². The van der Waals surface area contributed by atoms with Crippen LogP contribution in [-0.2, 0) is 16.0 Å². The Labute approximate surface area is 170 Å². The van der Waals surface area contributed by atoms with E-state index >= 15 is 0 Å². The van der Waals surface area contributed by atoms with E-state index in [1.54, 1.807) is 0 Å². The number of piperazine rings is 1. The van der Waals surface area contributed by atoms with Gasteiger partial charge in [-0.25, -0.2) is 14.3 Å². The highest BCUT2D eigenvalue weighted by molar-refractivity contribution is 6.00. The first-order chi connectivity index (χ1) is 14.0. The Morgan fingerprint density at radius 3 is 2.34 bits per heavy atom. The summed E-state index contributed by atoms with van der Waals surface area (Å²) in [5.41, 5.74) is 2.51. The fraction of sp³-hybridized carbons (Fsp3) is 0.500. The standard InChI is InChI=1S/C20H27N5O4/c1-15-7-4-5-8-16(15)24-13-11-23(12-14-24)9-6-10-25-18(20(27)29-3)17(21-22-25)19(26)28-2/h4-5,7-8H,6,9-14H2,1-3H3. The summed E-state index contributed by atoms with van der Waals surface area (Å²) < 4.78 is 10.8. The third kappa shape index (κ3) is 4.73. The maximum absolute atomic E-state index is 12.1. The van der Waals surface area contributed by atoms with Crippen LogP contribution in [-0.4, -0.2) is 78.8 Å². The lowest BCUT2D eigenvalue weighted by Crippen LogP contribution is -2.47. The van der Waals surface area contributed by atoms with Crippen molar-refractivity contribution in [3.8, 4) is 0 Å². The van der Waals surface area contributed by atoms with Crippen molar-refractivity contribution in [3.63, 3.8) is 0 Å². The highest BCUT2D eigenvalue weighted by Crippen LogP contribution is 2.20. The van der Waals surface area contributed by atoms with Crippen LogP contribution in [0, 0.1) is 6.92 Å². The predicted octanol–water partition coefficient (Wildman–Crippen LogP) is 1.37. The van der Waals surface area contributed by atoms with E-state index in [1.807, 2.05) is 0 Å². The maximum atomic E-state index is 12.1. The molecule has 1 aromatic heterocycles. The molecule has 9 nitrogen and oxygen atoms in total. The van der Waals surface area contributed by atoms with Crippen LogP contribution in [0.5, 0.6) is 0 Å². The van der Waals surface area contributed by atoms with Crippen LogP contribution < -0.4 is 4.90 Å². The van der Waals surface area contributed by atoms with Crippen molar-refractivity contribution in [2.24, 2.45) is 0 Å². The van der Waals surface area contributed by atoms with Crippen LogP contribution in [0.1, 0.15) is 33.0 Å².